The van der Waals surface area contributed by atoms with E-state index in [0.29, 0.717) is 30.4 Å². The van der Waals surface area contributed by atoms with Crippen molar-refractivity contribution in [1.29, 1.82) is 0 Å². The Hall–Kier alpha value is -3.29. The highest BCUT2D eigenvalue weighted by Crippen LogP contribution is 2.33. The molecule has 1 saturated heterocycles. The maximum atomic E-state index is 13.8. The van der Waals surface area contributed by atoms with Crippen LogP contribution in [-0.4, -0.2) is 56.7 Å². The van der Waals surface area contributed by atoms with Crippen molar-refractivity contribution in [3.8, 4) is 11.4 Å². The first-order chi connectivity index (χ1) is 17.0. The molecule has 0 N–H and O–H groups in total. The summed E-state index contributed by atoms with van der Waals surface area (Å²) in [6, 6.07) is 9.03. The van der Waals surface area contributed by atoms with Gasteiger partial charge in [-0.25, -0.2) is 19.0 Å². The monoisotopic (exact) mass is 476 g/mol. The molecule has 3 aromatic rings. The second-order valence-electron chi connectivity index (χ2n) is 9.81. The quantitative estimate of drug-likeness (QED) is 0.543. The normalized spacial score (nSPS) is 17.1. The van der Waals surface area contributed by atoms with Gasteiger partial charge in [0.05, 0.1) is 0 Å². The number of hydrogen-bond acceptors (Lipinski definition) is 5. The number of piperazine rings is 1. The van der Waals surface area contributed by atoms with E-state index < -0.39 is 0 Å². The molecule has 8 heteroatoms. The zero-order valence-corrected chi connectivity index (χ0v) is 20.6. The summed E-state index contributed by atoms with van der Waals surface area (Å²) in [5.74, 6) is 2.55. The Labute approximate surface area is 206 Å². The average molecular weight is 477 g/mol. The fourth-order valence-electron chi connectivity index (χ4n) is 5.15. The van der Waals surface area contributed by atoms with Crippen molar-refractivity contribution < 1.29 is 9.18 Å². The highest BCUT2D eigenvalue weighted by atomic mass is 19.1. The number of aromatic nitrogens is 4. The lowest BCUT2D eigenvalue weighted by atomic mass is 9.88. The molecule has 1 saturated carbocycles. The van der Waals surface area contributed by atoms with Crippen LogP contribution in [-0.2, 0) is 11.3 Å². The number of anilines is 1. The molecule has 1 amide bonds. The minimum Gasteiger partial charge on any atom is -0.353 e. The van der Waals surface area contributed by atoms with Crippen LogP contribution < -0.4 is 4.90 Å². The predicted molar refractivity (Wildman–Crippen MR) is 134 cm³/mol. The van der Waals surface area contributed by atoms with Crippen LogP contribution in [0, 0.1) is 19.7 Å². The molecule has 1 aliphatic heterocycles. The first-order valence-electron chi connectivity index (χ1n) is 12.6. The third-order valence-electron chi connectivity index (χ3n) is 7.23. The van der Waals surface area contributed by atoms with Crippen molar-refractivity contribution in [1.82, 2.24) is 24.6 Å². The van der Waals surface area contributed by atoms with E-state index in [1.807, 2.05) is 17.2 Å². The highest BCUT2D eigenvalue weighted by molar-refractivity contribution is 5.76. The standard InChI is InChI=1S/C27H33FN6O/c1-19-10-11-29-24(16-19)32-12-14-33(15-13-32)25(35)18-34-27(21-6-4-3-5-7-21)30-26(31-34)22-8-9-23(28)20(2)17-22/h8-11,16-17,21H,3-7,12-15,18H2,1-2H3. The molecule has 7 nitrogen and oxygen atoms in total. The Morgan fingerprint density at radius 2 is 1.80 bits per heavy atom. The number of hydrogen-bond donors (Lipinski definition) is 0. The molecule has 0 spiro atoms. The van der Waals surface area contributed by atoms with Crippen LogP contribution >= 0.6 is 0 Å². The lowest BCUT2D eigenvalue weighted by Crippen LogP contribution is -2.50. The van der Waals surface area contributed by atoms with Gasteiger partial charge in [-0.2, -0.15) is 5.10 Å². The SMILES string of the molecule is Cc1ccnc(N2CCN(C(=O)Cn3nc(-c4ccc(F)c(C)c4)nc3C3CCCCC3)CC2)c1. The van der Waals surface area contributed by atoms with Crippen LogP contribution in [0.25, 0.3) is 11.4 Å². The van der Waals surface area contributed by atoms with Gasteiger partial charge in [-0.15, -0.1) is 0 Å². The van der Waals surface area contributed by atoms with Gasteiger partial charge in [0, 0.05) is 43.9 Å². The summed E-state index contributed by atoms with van der Waals surface area (Å²) < 4.78 is 15.6. The molecule has 0 unspecified atom stereocenters. The summed E-state index contributed by atoms with van der Waals surface area (Å²) >= 11 is 0. The Kier molecular flexibility index (Phi) is 6.79. The van der Waals surface area contributed by atoms with E-state index in [1.54, 1.807) is 23.7 Å². The average Bonchev–Trinajstić information content (AvgIpc) is 3.30. The number of amides is 1. The summed E-state index contributed by atoms with van der Waals surface area (Å²) in [6.07, 6.45) is 7.55. The van der Waals surface area contributed by atoms with Crippen LogP contribution in [0.2, 0.25) is 0 Å². The van der Waals surface area contributed by atoms with E-state index in [2.05, 4.69) is 22.9 Å². The predicted octanol–water partition coefficient (Wildman–Crippen LogP) is 4.49. The largest absolute Gasteiger partial charge is 0.353 e. The molecule has 2 fully saturated rings. The van der Waals surface area contributed by atoms with Gasteiger partial charge < -0.3 is 9.80 Å². The van der Waals surface area contributed by atoms with Gasteiger partial charge in [-0.1, -0.05) is 19.3 Å². The molecule has 5 rings (SSSR count). The van der Waals surface area contributed by atoms with Crippen LogP contribution in [0.3, 0.4) is 0 Å². The van der Waals surface area contributed by atoms with Crippen molar-refractivity contribution in [2.24, 2.45) is 0 Å². The van der Waals surface area contributed by atoms with Gasteiger partial charge in [0.25, 0.3) is 0 Å². The van der Waals surface area contributed by atoms with Gasteiger partial charge in [-0.3, -0.25) is 4.79 Å². The lowest BCUT2D eigenvalue weighted by molar-refractivity contribution is -0.132. The smallest absolute Gasteiger partial charge is 0.244 e. The fraction of sp³-hybridized carbons (Fsp3) is 0.481. The molecular formula is C27H33FN6O. The van der Waals surface area contributed by atoms with E-state index >= 15 is 0 Å². The van der Waals surface area contributed by atoms with Crippen molar-refractivity contribution in [3.63, 3.8) is 0 Å². The number of aryl methyl sites for hydroxylation is 2. The van der Waals surface area contributed by atoms with Crippen LogP contribution in [0.5, 0.6) is 0 Å². The van der Waals surface area contributed by atoms with E-state index in [-0.39, 0.29) is 18.3 Å². The summed E-state index contributed by atoms with van der Waals surface area (Å²) in [4.78, 5) is 26.8. The third-order valence-corrected chi connectivity index (χ3v) is 7.23. The molecule has 1 aromatic carbocycles. The van der Waals surface area contributed by atoms with E-state index in [9.17, 15) is 9.18 Å². The number of pyridine rings is 1. The molecule has 1 aliphatic carbocycles. The Bertz CT molecular complexity index is 1190. The first kappa shape index (κ1) is 23.5. The van der Waals surface area contributed by atoms with E-state index in [4.69, 9.17) is 10.1 Å². The van der Waals surface area contributed by atoms with Gasteiger partial charge in [0.2, 0.25) is 5.91 Å². The topological polar surface area (TPSA) is 67.2 Å². The van der Waals surface area contributed by atoms with Gasteiger partial charge in [0.1, 0.15) is 24.0 Å². The maximum Gasteiger partial charge on any atom is 0.244 e. The van der Waals surface area contributed by atoms with Gasteiger partial charge in [0.15, 0.2) is 5.82 Å². The van der Waals surface area contributed by atoms with E-state index in [1.165, 1.54) is 30.9 Å². The number of carbonyl (C=O) groups is 1. The zero-order valence-electron chi connectivity index (χ0n) is 20.6. The number of halogens is 1. The van der Waals surface area contributed by atoms with Crippen LogP contribution in [0.4, 0.5) is 10.2 Å². The van der Waals surface area contributed by atoms with Crippen molar-refractivity contribution in [3.05, 3.63) is 59.3 Å². The number of rotatable bonds is 5. The Balaban J connectivity index is 1.32. The van der Waals surface area contributed by atoms with Crippen LogP contribution in [0.1, 0.15) is 55.0 Å². The molecular weight excluding hydrogens is 443 g/mol. The van der Waals surface area contributed by atoms with Crippen molar-refractivity contribution >= 4 is 11.7 Å². The molecule has 184 valence electrons. The maximum absolute atomic E-state index is 13.8. The third kappa shape index (κ3) is 5.21. The summed E-state index contributed by atoms with van der Waals surface area (Å²) in [5.41, 5.74) is 2.53. The molecule has 0 radical (unpaired) electrons. The highest BCUT2D eigenvalue weighted by Gasteiger charge is 2.27. The number of carbonyl (C=O) groups excluding carboxylic acids is 1. The number of benzene rings is 1. The van der Waals surface area contributed by atoms with E-state index in [0.717, 1.165) is 43.1 Å². The molecule has 0 bridgehead atoms. The minimum absolute atomic E-state index is 0.0608. The molecule has 0 atom stereocenters. The van der Waals surface area contributed by atoms with Gasteiger partial charge >= 0.3 is 0 Å². The van der Waals surface area contributed by atoms with Crippen molar-refractivity contribution in [2.75, 3.05) is 31.1 Å². The second-order valence-corrected chi connectivity index (χ2v) is 9.81. The fourth-order valence-corrected chi connectivity index (χ4v) is 5.15. The minimum atomic E-state index is -0.240. The Morgan fingerprint density at radius 3 is 2.51 bits per heavy atom. The first-order valence-corrected chi connectivity index (χ1v) is 12.6. The summed E-state index contributed by atoms with van der Waals surface area (Å²) in [7, 11) is 0. The number of nitrogens with zero attached hydrogens (tertiary/aromatic N) is 6. The lowest BCUT2D eigenvalue weighted by Gasteiger charge is -2.35. The van der Waals surface area contributed by atoms with Crippen molar-refractivity contribution in [2.45, 2.75) is 58.4 Å². The second kappa shape index (κ2) is 10.1. The summed E-state index contributed by atoms with van der Waals surface area (Å²) in [6.45, 7) is 6.83. The molecule has 2 aliphatic rings. The molecule has 2 aromatic heterocycles. The summed E-state index contributed by atoms with van der Waals surface area (Å²) in [5, 5.41) is 4.75. The zero-order chi connectivity index (χ0) is 24.4. The molecule has 35 heavy (non-hydrogen) atoms. The van der Waals surface area contributed by atoms with Gasteiger partial charge in [-0.05, 0) is 68.1 Å². The Morgan fingerprint density at radius 1 is 1.03 bits per heavy atom. The molecule has 3 heterocycles. The van der Waals surface area contributed by atoms with Crippen LogP contribution in [0.15, 0.2) is 36.5 Å².